The summed E-state index contributed by atoms with van der Waals surface area (Å²) in [6.07, 6.45) is 0. The molecule has 11 heteroatoms. The zero-order valence-electron chi connectivity index (χ0n) is 60.4. The van der Waals surface area contributed by atoms with Crippen LogP contribution in [-0.2, 0) is 0 Å². The van der Waals surface area contributed by atoms with Crippen molar-refractivity contribution in [2.45, 2.75) is 0 Å². The van der Waals surface area contributed by atoms with E-state index in [2.05, 4.69) is 264 Å². The summed E-state index contributed by atoms with van der Waals surface area (Å²) >= 11 is 3.68. The van der Waals surface area contributed by atoms with Gasteiger partial charge in [0.05, 0.1) is 27.8 Å². The molecule has 0 aliphatic rings. The van der Waals surface area contributed by atoms with Gasteiger partial charge in [-0.15, -0.1) is 22.7 Å². The number of fused-ring (bicyclic) bond motifs is 15. The van der Waals surface area contributed by atoms with Gasteiger partial charge in [0, 0.05) is 117 Å². The molecule has 113 heavy (non-hydrogen) atoms. The number of rotatable bonds is 12. The van der Waals surface area contributed by atoms with E-state index >= 15 is 0 Å². The first-order valence-corrected chi connectivity index (χ1v) is 39.5. The van der Waals surface area contributed by atoms with Crippen LogP contribution < -0.4 is 0 Å². The van der Waals surface area contributed by atoms with E-state index in [1.807, 2.05) is 132 Å². The van der Waals surface area contributed by atoms with Crippen LogP contribution in [0, 0.1) is 0 Å². The smallest absolute Gasteiger partial charge is 0.164 e. The van der Waals surface area contributed by atoms with E-state index in [1.165, 1.54) is 57.8 Å². The minimum absolute atomic E-state index is 0.595. The largest absolute Gasteiger partial charge is 0.455 e. The molecule has 16 aromatic carbocycles. The van der Waals surface area contributed by atoms with Crippen molar-refractivity contribution < 1.29 is 4.42 Å². The molecule has 0 aliphatic heterocycles. The summed E-state index contributed by atoms with van der Waals surface area (Å²) in [6, 6.07) is 130. The second-order valence-corrected chi connectivity index (χ2v) is 30.9. The summed E-state index contributed by atoms with van der Waals surface area (Å²) in [5, 5.41) is 11.6. The van der Waals surface area contributed by atoms with E-state index in [4.69, 9.17) is 34.3 Å². The highest BCUT2D eigenvalue weighted by Gasteiger charge is 2.25. The van der Waals surface area contributed by atoms with Crippen LogP contribution >= 0.6 is 22.7 Å². The topological polar surface area (TPSA) is 100 Å². The van der Waals surface area contributed by atoms with Gasteiger partial charge in [0.25, 0.3) is 0 Å². The van der Waals surface area contributed by atoms with Gasteiger partial charge in [0.2, 0.25) is 0 Å². The van der Waals surface area contributed by atoms with E-state index in [0.717, 1.165) is 137 Å². The van der Waals surface area contributed by atoms with Crippen LogP contribution in [0.25, 0.3) is 230 Å². The minimum Gasteiger partial charge on any atom is -0.455 e. The number of thiophene rings is 2. The van der Waals surface area contributed by atoms with Crippen molar-refractivity contribution in [3.63, 3.8) is 0 Å². The average molecular weight is 1480 g/mol. The molecule has 7 aromatic heterocycles. The van der Waals surface area contributed by atoms with E-state index in [0.29, 0.717) is 34.9 Å². The van der Waals surface area contributed by atoms with Crippen LogP contribution in [0.1, 0.15) is 0 Å². The Morgan fingerprint density at radius 2 is 0.655 bits per heavy atom. The molecular formula is C102H60N8OS2. The fraction of sp³-hybridized carbons (Fsp3) is 0. The molecule has 0 atom stereocenters. The molecule has 0 saturated heterocycles. The monoisotopic (exact) mass is 1480 g/mol. The molecule has 9 nitrogen and oxygen atoms in total. The van der Waals surface area contributed by atoms with Crippen LogP contribution in [0.5, 0.6) is 0 Å². The van der Waals surface area contributed by atoms with E-state index in [-0.39, 0.29) is 0 Å². The Morgan fingerprint density at radius 3 is 1.32 bits per heavy atom. The lowest BCUT2D eigenvalue weighted by Gasteiger charge is -2.13. The molecule has 0 aliphatic carbocycles. The van der Waals surface area contributed by atoms with Crippen molar-refractivity contribution in [2.24, 2.45) is 0 Å². The van der Waals surface area contributed by atoms with E-state index in [9.17, 15) is 0 Å². The Kier molecular flexibility index (Phi) is 14.8. The third-order valence-electron chi connectivity index (χ3n) is 22.3. The molecule has 0 spiro atoms. The van der Waals surface area contributed by atoms with Crippen LogP contribution in [0.15, 0.2) is 368 Å². The average Bonchev–Trinajstić information content (AvgIpc) is 1.59. The minimum atomic E-state index is 0.595. The van der Waals surface area contributed by atoms with Crippen molar-refractivity contribution in [3.8, 4) is 124 Å². The summed E-state index contributed by atoms with van der Waals surface area (Å²) in [5.74, 6) is 3.68. The van der Waals surface area contributed by atoms with Gasteiger partial charge in [-0.1, -0.05) is 255 Å². The molecule has 23 aromatic rings. The van der Waals surface area contributed by atoms with Crippen molar-refractivity contribution in [3.05, 3.63) is 364 Å². The Morgan fingerprint density at radius 1 is 0.221 bits per heavy atom. The summed E-state index contributed by atoms with van der Waals surface area (Å²) in [7, 11) is 0. The van der Waals surface area contributed by atoms with Crippen molar-refractivity contribution in [2.75, 3.05) is 0 Å². The van der Waals surface area contributed by atoms with Gasteiger partial charge in [-0.3, -0.25) is 0 Å². The Bertz CT molecular complexity index is 7680. The number of furan rings is 1. The number of hydrogen-bond donors (Lipinski definition) is 0. The normalized spacial score (nSPS) is 11.9. The highest BCUT2D eigenvalue weighted by molar-refractivity contribution is 7.26. The zero-order chi connectivity index (χ0) is 74.2. The Labute approximate surface area is 655 Å². The Hall–Kier alpha value is -14.6. The fourth-order valence-corrected chi connectivity index (χ4v) is 19.3. The first-order chi connectivity index (χ1) is 56.0. The van der Waals surface area contributed by atoms with Crippen molar-refractivity contribution in [1.29, 1.82) is 0 Å². The van der Waals surface area contributed by atoms with Gasteiger partial charge in [0.15, 0.2) is 34.9 Å². The summed E-state index contributed by atoms with van der Waals surface area (Å²) in [6.45, 7) is 0. The standard InChI is InChI=1S/C102H60N8OS2/c1-5-22-62(23-6-1)97-103-98(63-24-7-2-8-25-63)106-101(105-97)71-46-54-89-82(60-71)77-36-20-35-73(95(77)111-89)70-45-53-86-81(59-70)75-32-13-16-37-84(75)109(86)72-48-42-61(43-49-72)66-30-19-31-69(56-66)74-50-51-79(102-107-99(64-26-9-3-10-27-64)104-100(108-102)65-28-11-4-12-29-65)93-83-58-68(47-55-91(83)113-96(74)93)67-44-52-87-80(57-67)76-33-14-17-38-85(76)110(87)88-39-21-41-92-94(88)78-34-15-18-40-90(78)112-92/h1-60H. The molecule has 0 unspecified atom stereocenters. The van der Waals surface area contributed by atoms with Crippen LogP contribution in [0.2, 0.25) is 0 Å². The predicted octanol–water partition coefficient (Wildman–Crippen LogP) is 27.6. The van der Waals surface area contributed by atoms with Crippen molar-refractivity contribution in [1.82, 2.24) is 39.0 Å². The van der Waals surface area contributed by atoms with Crippen LogP contribution in [0.3, 0.4) is 0 Å². The third kappa shape index (κ3) is 10.7. The lowest BCUT2D eigenvalue weighted by atomic mass is 9.94. The molecule has 0 fully saturated rings. The fourth-order valence-electron chi connectivity index (χ4n) is 16.9. The lowest BCUT2D eigenvalue weighted by Crippen LogP contribution is -2.00. The number of para-hydroxylation sites is 3. The molecule has 0 saturated carbocycles. The highest BCUT2D eigenvalue weighted by Crippen LogP contribution is 2.49. The number of hydrogen-bond acceptors (Lipinski definition) is 9. The van der Waals surface area contributed by atoms with Crippen molar-refractivity contribution >= 4 is 129 Å². The van der Waals surface area contributed by atoms with Crippen LogP contribution in [0.4, 0.5) is 0 Å². The molecular weight excluding hydrogens is 1420 g/mol. The van der Waals surface area contributed by atoms with Gasteiger partial charge in [-0.05, 0) is 148 Å². The Balaban J connectivity index is 0.614. The SMILES string of the molecule is c1ccc(-c2nc(-c3ccccc3)nc(-c3ccc4oc5c(-c6ccc7c(c6)c6ccccc6n7-c6ccc(-c7cccc(-c8ccc(-c9nc(-c%10ccccc%10)nc(-c%10ccccc%10)n9)c9c8sc8ccc(-c%10ccc%11c(c%10)c%10ccccc%10n%11-c%10cccc%11sc%12ccccc%12c%10%11)cc89)c7)cc6)cccc5c4c3)n2)cc1. The molecule has 0 amide bonds. The molecule has 0 N–H and O–H groups in total. The number of benzene rings is 16. The summed E-state index contributed by atoms with van der Waals surface area (Å²) in [4.78, 5) is 31.0. The highest BCUT2D eigenvalue weighted by atomic mass is 32.1. The maximum absolute atomic E-state index is 6.85. The quantitative estimate of drug-likeness (QED) is 0.120. The van der Waals surface area contributed by atoms with Gasteiger partial charge < -0.3 is 13.6 Å². The maximum Gasteiger partial charge on any atom is 0.164 e. The zero-order valence-corrected chi connectivity index (χ0v) is 62.1. The summed E-state index contributed by atoms with van der Waals surface area (Å²) in [5.41, 5.74) is 22.8. The second kappa shape index (κ2) is 26.0. The molecule has 0 bridgehead atoms. The number of nitrogens with zero attached hydrogens (tertiary/aromatic N) is 8. The maximum atomic E-state index is 6.85. The molecule has 23 rings (SSSR count). The van der Waals surface area contributed by atoms with Gasteiger partial charge in [0.1, 0.15) is 11.2 Å². The number of aromatic nitrogens is 8. The van der Waals surface area contributed by atoms with Gasteiger partial charge in [-0.25, -0.2) is 29.9 Å². The van der Waals surface area contributed by atoms with Gasteiger partial charge in [-0.2, -0.15) is 0 Å². The summed E-state index contributed by atoms with van der Waals surface area (Å²) < 4.78 is 16.6. The van der Waals surface area contributed by atoms with Gasteiger partial charge >= 0.3 is 0 Å². The first-order valence-electron chi connectivity index (χ1n) is 37.9. The first kappa shape index (κ1) is 64.4. The van der Waals surface area contributed by atoms with Crippen LogP contribution in [-0.4, -0.2) is 39.0 Å². The third-order valence-corrected chi connectivity index (χ3v) is 24.6. The lowest BCUT2D eigenvalue weighted by molar-refractivity contribution is 0.670. The predicted molar refractivity (Wildman–Crippen MR) is 469 cm³/mol. The second-order valence-electron chi connectivity index (χ2n) is 28.8. The molecule has 526 valence electrons. The van der Waals surface area contributed by atoms with E-state index < -0.39 is 0 Å². The molecule has 7 heterocycles. The van der Waals surface area contributed by atoms with E-state index in [1.54, 1.807) is 0 Å². The molecule has 0 radical (unpaired) electrons.